The van der Waals surface area contributed by atoms with Crippen LogP contribution in [0.2, 0.25) is 0 Å². The van der Waals surface area contributed by atoms with Crippen LogP contribution in [-0.2, 0) is 94.0 Å². The molecule has 651 valence electrons. The summed E-state index contributed by atoms with van der Waals surface area (Å²) in [6, 6.07) is 56.3. The number of allylic oxidation sites excluding steroid dienone is 6. The molecule has 9 aromatic rings. The van der Waals surface area contributed by atoms with Crippen LogP contribution in [0, 0.1) is 113 Å². The molecule has 9 nitrogen and oxygen atoms in total. The minimum Gasteiger partial charge on any atom is -0.512 e. The molecule has 12 rings (SSSR count). The number of aliphatic hydroxyl groups excluding tert-OH is 3. The molecule has 12 heteroatoms. The smallest absolute Gasteiger partial charge is 0.162 e. The number of fused-ring (bicyclic) bond motifs is 3. The van der Waals surface area contributed by atoms with Crippen molar-refractivity contribution in [1.29, 1.82) is 0 Å². The summed E-state index contributed by atoms with van der Waals surface area (Å²) in [5.41, 5.74) is 21.3. The summed E-state index contributed by atoms with van der Waals surface area (Å²) < 4.78 is 0. The first-order valence-electron chi connectivity index (χ1n) is 44.7. The van der Waals surface area contributed by atoms with Gasteiger partial charge in [-0.2, -0.15) is 0 Å². The van der Waals surface area contributed by atoms with Crippen LogP contribution in [0.5, 0.6) is 0 Å². The van der Waals surface area contributed by atoms with E-state index in [0.717, 1.165) is 119 Å². The molecule has 0 unspecified atom stereocenters. The summed E-state index contributed by atoms with van der Waals surface area (Å²) in [5.74, 6) is 4.66. The Balaban J connectivity index is 0.000000305. The Morgan fingerprint density at radius 2 is 0.655 bits per heavy atom. The number of hydrogen-bond acceptors (Lipinski definition) is 9. The predicted octanol–water partition coefficient (Wildman–Crippen LogP) is 29.4. The van der Waals surface area contributed by atoms with Crippen molar-refractivity contribution in [3.05, 3.63) is 231 Å². The number of benzene rings is 6. The van der Waals surface area contributed by atoms with Crippen LogP contribution in [0.4, 0.5) is 0 Å². The largest absolute Gasteiger partial charge is 0.512 e. The molecule has 3 N–H and O–H groups in total. The summed E-state index contributed by atoms with van der Waals surface area (Å²) >= 11 is 0. The molecule has 3 aromatic heterocycles. The Hall–Kier alpha value is -6.87. The Kier molecular flexibility index (Phi) is 47.9. The summed E-state index contributed by atoms with van der Waals surface area (Å²) in [5, 5.41) is 32.8. The van der Waals surface area contributed by atoms with Crippen LogP contribution < -0.4 is 0 Å². The second kappa shape index (κ2) is 54.6. The maximum atomic E-state index is 11.7. The van der Waals surface area contributed by atoms with E-state index in [1.807, 2.05) is 83.1 Å². The number of carbonyl (C=O) groups is 3. The molecule has 119 heavy (non-hydrogen) atoms. The van der Waals surface area contributed by atoms with Gasteiger partial charge in [0.2, 0.25) is 0 Å². The van der Waals surface area contributed by atoms with Gasteiger partial charge in [0.15, 0.2) is 17.3 Å². The SMILES string of the molecule is CC(C)CC(=O)C=C(O)CC(C)C.CCC(CC)C(=O)C=C(O)C(CC)CC.CCC(CC)C(=O)C=C(O)C(CC)CC.Cc1[c-]c(-c2ccc3c(CC4CCC4)cccc3n2)cc(C)c1.Cc1[c-]c(-c2ccc3c(CC4CCCC4)cccc3n2)cc(C)c1.Cc1[c-]c(-c2ccc3c(CC4CCCCCC4)cccc3n2)cc(C)c1.[Ir].[Ir].[Ir]. The Morgan fingerprint density at radius 1 is 0.370 bits per heavy atom. The van der Waals surface area contributed by atoms with Crippen LogP contribution in [0.25, 0.3) is 66.5 Å². The number of nitrogens with zero attached hydrogens (tertiary/aromatic N) is 3. The zero-order valence-corrected chi connectivity index (χ0v) is 82.5. The molecule has 3 aliphatic carbocycles. The zero-order valence-electron chi connectivity index (χ0n) is 75.3. The number of carbonyl (C=O) groups excluding carboxylic acids is 3. The summed E-state index contributed by atoms with van der Waals surface area (Å²) in [6.45, 7) is 36.8. The molecule has 0 aliphatic heterocycles. The second-order valence-corrected chi connectivity index (χ2v) is 34.5. The van der Waals surface area contributed by atoms with E-state index in [1.54, 1.807) is 0 Å². The predicted molar refractivity (Wildman–Crippen MR) is 490 cm³/mol. The van der Waals surface area contributed by atoms with Crippen LogP contribution >= 0.6 is 0 Å². The second-order valence-electron chi connectivity index (χ2n) is 34.5. The molecule has 0 atom stereocenters. The average Bonchev–Trinajstić information content (AvgIpc) is 0.872. The van der Waals surface area contributed by atoms with E-state index in [4.69, 9.17) is 15.0 Å². The molecule has 3 heterocycles. The fourth-order valence-electron chi connectivity index (χ4n) is 16.8. The number of ketones is 3. The number of pyridine rings is 3. The van der Waals surface area contributed by atoms with Crippen LogP contribution in [-0.4, -0.2) is 47.6 Å². The molecule has 3 saturated carbocycles. The quantitative estimate of drug-likeness (QED) is 0.0188. The van der Waals surface area contributed by atoms with Crippen molar-refractivity contribution in [3.63, 3.8) is 0 Å². The first kappa shape index (κ1) is 104. The normalized spacial score (nSPS) is 14.0. The standard InChI is InChI=1S/C25H28N.C23H24N.C22H22N.2C13H24O2.C11H20O2.3Ir/c1-18-14-19(2)16-22(15-18)24-13-12-23-21(10-7-11-25(23)26-24)17-20-8-5-3-4-6-9-20;1-16-12-17(2)14-20(13-16)22-11-10-21-19(8-5-9-23(21)24-22)15-18-6-3-4-7-18;1-15-11-16(2)13-19(12-15)21-10-9-20-18(14-17-5-3-6-17)7-4-8-22(20)23-21;2*1-5-10(6-2)12(14)9-13(15)11(7-3)8-4;1-8(2)5-10(12)7-11(13)6-9(3)4;;;/h7,10-15,20H,3-6,8-9,17H2,1-2H3;5,8-13,18H,3-4,6-7,15H2,1-2H3;4,7-12,17H,3,5-6,14H2,1-2H3;2*9-11,14H,5-8H2,1-4H3;7-9,12H,5-6H2,1-4H3;;;/q3*-1;;;;;;. The van der Waals surface area contributed by atoms with E-state index >= 15 is 0 Å². The Labute approximate surface area is 758 Å². The zero-order chi connectivity index (χ0) is 84.4. The minimum absolute atomic E-state index is 0. The van der Waals surface area contributed by atoms with E-state index in [-0.39, 0.29) is 119 Å². The first-order chi connectivity index (χ1) is 55.7. The number of hydrogen-bond donors (Lipinski definition) is 3. The van der Waals surface area contributed by atoms with Crippen LogP contribution in [0.15, 0.2) is 163 Å². The fraction of sp³-hybridized carbons (Fsp3) is 0.495. The van der Waals surface area contributed by atoms with Crippen molar-refractivity contribution < 1.29 is 90.0 Å². The summed E-state index contributed by atoms with van der Waals surface area (Å²) in [6.07, 6.45) is 34.1. The Bertz CT molecular complexity index is 4560. The van der Waals surface area contributed by atoms with Gasteiger partial charge in [0.05, 0.1) is 33.8 Å². The molecular formula is C107H142Ir3N3O6-3. The van der Waals surface area contributed by atoms with E-state index in [1.165, 1.54) is 187 Å². The Morgan fingerprint density at radius 3 is 0.916 bits per heavy atom. The minimum atomic E-state index is 0. The maximum Gasteiger partial charge on any atom is 0.162 e. The van der Waals surface area contributed by atoms with Gasteiger partial charge in [0.1, 0.15) is 0 Å². The number of aliphatic hydroxyl groups is 3. The van der Waals surface area contributed by atoms with Gasteiger partial charge in [-0.3, -0.25) is 29.3 Å². The molecule has 0 amide bonds. The molecular weight excluding hydrogens is 2000 g/mol. The molecule has 3 radical (unpaired) electrons. The van der Waals surface area contributed by atoms with Crippen LogP contribution in [0.1, 0.15) is 281 Å². The van der Waals surface area contributed by atoms with Crippen molar-refractivity contribution in [1.82, 2.24) is 15.0 Å². The van der Waals surface area contributed by atoms with Crippen molar-refractivity contribution in [2.24, 2.45) is 53.3 Å². The molecule has 0 saturated heterocycles. The van der Waals surface area contributed by atoms with Crippen LogP contribution in [0.3, 0.4) is 0 Å². The van der Waals surface area contributed by atoms with Crippen molar-refractivity contribution >= 4 is 50.1 Å². The number of aromatic nitrogens is 3. The molecule has 3 aliphatic rings. The van der Waals surface area contributed by atoms with Gasteiger partial charge in [-0.15, -0.1) is 105 Å². The number of rotatable bonds is 28. The molecule has 6 aromatic carbocycles. The topological polar surface area (TPSA) is 151 Å². The molecule has 0 spiro atoms. The van der Waals surface area contributed by atoms with E-state index in [2.05, 4.69) is 187 Å². The fourth-order valence-corrected chi connectivity index (χ4v) is 16.8. The van der Waals surface area contributed by atoms with Gasteiger partial charge in [0.25, 0.3) is 0 Å². The van der Waals surface area contributed by atoms with Gasteiger partial charge in [0, 0.05) is 131 Å². The average molecular weight is 2140 g/mol. The monoisotopic (exact) mass is 2140 g/mol. The van der Waals surface area contributed by atoms with E-state index < -0.39 is 0 Å². The van der Waals surface area contributed by atoms with Gasteiger partial charge < -0.3 is 15.3 Å². The number of aryl methyl sites for hydroxylation is 6. The third-order valence-electron chi connectivity index (χ3n) is 23.7. The van der Waals surface area contributed by atoms with E-state index in [0.29, 0.717) is 24.7 Å². The van der Waals surface area contributed by atoms with E-state index in [9.17, 15) is 29.7 Å². The van der Waals surface area contributed by atoms with Gasteiger partial charge >= 0.3 is 0 Å². The first-order valence-corrected chi connectivity index (χ1v) is 44.7. The van der Waals surface area contributed by atoms with Gasteiger partial charge in [-0.05, 0) is 152 Å². The van der Waals surface area contributed by atoms with Gasteiger partial charge in [-0.25, -0.2) is 0 Å². The molecule has 3 fully saturated rings. The summed E-state index contributed by atoms with van der Waals surface area (Å²) in [7, 11) is 0. The van der Waals surface area contributed by atoms with Crippen molar-refractivity contribution in [3.8, 4) is 33.8 Å². The molecule has 0 bridgehead atoms. The van der Waals surface area contributed by atoms with Crippen molar-refractivity contribution in [2.45, 2.75) is 292 Å². The third kappa shape index (κ3) is 34.4. The summed E-state index contributed by atoms with van der Waals surface area (Å²) in [4.78, 5) is 49.4. The van der Waals surface area contributed by atoms with Crippen molar-refractivity contribution in [2.75, 3.05) is 0 Å². The maximum absolute atomic E-state index is 11.7. The van der Waals surface area contributed by atoms with Gasteiger partial charge in [-0.1, -0.05) is 281 Å². The third-order valence-corrected chi connectivity index (χ3v) is 23.7.